The number of amides is 1. The first-order valence-corrected chi connectivity index (χ1v) is 12.5. The first kappa shape index (κ1) is 32.7. The number of ether oxygens (including phenoxy) is 1. The van der Waals surface area contributed by atoms with Gasteiger partial charge >= 0.3 is 17.9 Å². The van der Waals surface area contributed by atoms with Crippen molar-refractivity contribution < 1.29 is 59.7 Å². The Bertz CT molecular complexity index is 803. The van der Waals surface area contributed by atoms with Crippen LogP contribution in [0, 0.1) is 0 Å². The second-order valence-electron chi connectivity index (χ2n) is 9.61. The predicted molar refractivity (Wildman–Crippen MR) is 131 cm³/mol. The molecule has 2 rings (SSSR count). The average Bonchev–Trinajstić information content (AvgIpc) is 2.84. The average molecular weight is 566 g/mol. The van der Waals surface area contributed by atoms with Gasteiger partial charge in [-0.2, -0.15) is 0 Å². The number of carboxylic acids is 3. The molecular formula is C22H39N5O12. The lowest BCUT2D eigenvalue weighted by atomic mass is 9.97. The summed E-state index contributed by atoms with van der Waals surface area (Å²) in [5.74, 6) is -3.87. The number of carboxylic acid groups (broad SMARTS) is 3. The number of aliphatic hydroxyl groups is 4. The van der Waals surface area contributed by atoms with Crippen LogP contribution in [0.15, 0.2) is 0 Å². The second kappa shape index (κ2) is 15.9. The standard InChI is InChI=1S/C22H39N5O12/c28-13-14-20(36)21(37)19(22(38)39-14)23-15(29)9-24-1-3-25(10-16(30)31)5-7-27(12-18(34)35)8-6-26(4-2-24)11-17(32)33/h14,19-22,28,36-38H,1-13H2,(H,23,29)(H,30,31)(H,32,33)(H,34,35)/t14-,19-,20-,21-,22?/m1/s1. The van der Waals surface area contributed by atoms with Crippen LogP contribution in [-0.4, -0.2) is 195 Å². The first-order valence-electron chi connectivity index (χ1n) is 12.5. The summed E-state index contributed by atoms with van der Waals surface area (Å²) >= 11 is 0. The van der Waals surface area contributed by atoms with Gasteiger partial charge in [-0.15, -0.1) is 0 Å². The summed E-state index contributed by atoms with van der Waals surface area (Å²) in [6, 6.07) is -1.38. The molecule has 0 aromatic rings. The molecular weight excluding hydrogens is 526 g/mol. The van der Waals surface area contributed by atoms with E-state index in [0.29, 0.717) is 0 Å². The van der Waals surface area contributed by atoms with Crippen molar-refractivity contribution in [2.24, 2.45) is 0 Å². The van der Waals surface area contributed by atoms with Crippen LogP contribution in [0.1, 0.15) is 0 Å². The van der Waals surface area contributed by atoms with E-state index in [1.807, 2.05) is 0 Å². The monoisotopic (exact) mass is 565 g/mol. The van der Waals surface area contributed by atoms with Gasteiger partial charge in [-0.25, -0.2) is 0 Å². The fourth-order valence-electron chi connectivity index (χ4n) is 4.47. The minimum absolute atomic E-state index is 0.196. The Morgan fingerprint density at radius 3 is 1.33 bits per heavy atom. The van der Waals surface area contributed by atoms with Gasteiger partial charge < -0.3 is 45.8 Å². The van der Waals surface area contributed by atoms with Crippen LogP contribution in [0.4, 0.5) is 0 Å². The smallest absolute Gasteiger partial charge is 0.317 e. The number of carbonyl (C=O) groups is 4. The SMILES string of the molecule is O=C(O)CN1CCN(CC(=O)O)CCN(CC(=O)N[C@H]2C(O)O[C@H](CO)[C@@H](O)[C@@H]2O)CCN(CC(=O)O)CC1. The van der Waals surface area contributed by atoms with Crippen molar-refractivity contribution in [3.8, 4) is 0 Å². The van der Waals surface area contributed by atoms with Crippen molar-refractivity contribution in [2.45, 2.75) is 30.6 Å². The summed E-state index contributed by atoms with van der Waals surface area (Å²) in [7, 11) is 0. The largest absolute Gasteiger partial charge is 0.480 e. The van der Waals surface area contributed by atoms with E-state index < -0.39 is 61.1 Å². The number of hydrogen-bond acceptors (Lipinski definition) is 13. The predicted octanol–water partition coefficient (Wildman–Crippen LogP) is -5.62. The minimum Gasteiger partial charge on any atom is -0.480 e. The third-order valence-corrected chi connectivity index (χ3v) is 6.60. The molecule has 2 heterocycles. The van der Waals surface area contributed by atoms with Gasteiger partial charge in [-0.1, -0.05) is 0 Å². The molecule has 17 nitrogen and oxygen atoms in total. The molecule has 0 spiro atoms. The molecule has 2 saturated heterocycles. The molecule has 0 saturated carbocycles. The molecule has 2 aliphatic rings. The zero-order valence-electron chi connectivity index (χ0n) is 21.5. The summed E-state index contributed by atoms with van der Waals surface area (Å²) in [5.41, 5.74) is 0. The number of aliphatic hydroxyl groups excluding tert-OH is 4. The minimum atomic E-state index is -1.69. The van der Waals surface area contributed by atoms with Crippen LogP contribution in [0.25, 0.3) is 0 Å². The van der Waals surface area contributed by atoms with Crippen LogP contribution in [0.3, 0.4) is 0 Å². The normalized spacial score (nSPS) is 29.2. The summed E-state index contributed by atoms with van der Waals surface area (Å²) in [6.45, 7) is -0.121. The fraction of sp³-hybridized carbons (Fsp3) is 0.818. The molecule has 0 aromatic heterocycles. The molecule has 0 bridgehead atoms. The number of hydrogen-bond donors (Lipinski definition) is 8. The zero-order valence-corrected chi connectivity index (χ0v) is 21.5. The highest BCUT2D eigenvalue weighted by Gasteiger charge is 2.44. The Morgan fingerprint density at radius 1 is 0.641 bits per heavy atom. The number of rotatable bonds is 10. The number of carbonyl (C=O) groups excluding carboxylic acids is 1. The lowest BCUT2D eigenvalue weighted by molar-refractivity contribution is -0.253. The van der Waals surface area contributed by atoms with Gasteiger partial charge in [0.05, 0.1) is 32.8 Å². The van der Waals surface area contributed by atoms with E-state index in [-0.39, 0.29) is 78.5 Å². The van der Waals surface area contributed by atoms with Gasteiger partial charge in [0.15, 0.2) is 6.29 Å². The molecule has 0 radical (unpaired) electrons. The Hall–Kier alpha value is -2.48. The van der Waals surface area contributed by atoms with Gasteiger partial charge in [0.25, 0.3) is 0 Å². The van der Waals surface area contributed by atoms with E-state index in [2.05, 4.69) is 5.32 Å². The molecule has 8 N–H and O–H groups in total. The third kappa shape index (κ3) is 11.3. The molecule has 2 aliphatic heterocycles. The summed E-state index contributed by atoms with van der Waals surface area (Å²) in [5, 5.41) is 69.9. The number of aliphatic carboxylic acids is 3. The Labute approximate surface area is 224 Å². The van der Waals surface area contributed by atoms with Gasteiger partial charge in [0.2, 0.25) is 5.91 Å². The van der Waals surface area contributed by atoms with E-state index in [1.165, 1.54) is 0 Å². The van der Waals surface area contributed by atoms with Crippen molar-refractivity contribution in [1.29, 1.82) is 0 Å². The van der Waals surface area contributed by atoms with Gasteiger partial charge in [-0.05, 0) is 0 Å². The highest BCUT2D eigenvalue weighted by molar-refractivity contribution is 5.78. The Morgan fingerprint density at radius 2 is 1.00 bits per heavy atom. The third-order valence-electron chi connectivity index (χ3n) is 6.60. The van der Waals surface area contributed by atoms with Crippen LogP contribution in [0.5, 0.6) is 0 Å². The lowest BCUT2D eigenvalue weighted by Crippen LogP contribution is -2.64. The van der Waals surface area contributed by atoms with Crippen LogP contribution >= 0.6 is 0 Å². The molecule has 5 atom stereocenters. The van der Waals surface area contributed by atoms with Crippen molar-refractivity contribution in [2.75, 3.05) is 85.1 Å². The molecule has 0 aromatic carbocycles. The highest BCUT2D eigenvalue weighted by Crippen LogP contribution is 2.19. The lowest BCUT2D eigenvalue weighted by Gasteiger charge is -2.40. The van der Waals surface area contributed by atoms with Crippen LogP contribution in [-0.2, 0) is 23.9 Å². The van der Waals surface area contributed by atoms with Gasteiger partial charge in [0.1, 0.15) is 24.4 Å². The maximum absolute atomic E-state index is 12.8. The summed E-state index contributed by atoms with van der Waals surface area (Å²) in [4.78, 5) is 53.3. The molecule has 0 aliphatic carbocycles. The van der Waals surface area contributed by atoms with Gasteiger partial charge in [-0.3, -0.25) is 38.8 Å². The van der Waals surface area contributed by atoms with E-state index >= 15 is 0 Å². The highest BCUT2D eigenvalue weighted by atomic mass is 16.6. The quantitative estimate of drug-likeness (QED) is 0.123. The molecule has 39 heavy (non-hydrogen) atoms. The van der Waals surface area contributed by atoms with Crippen LogP contribution in [0.2, 0.25) is 0 Å². The second-order valence-corrected chi connectivity index (χ2v) is 9.61. The zero-order chi connectivity index (χ0) is 29.1. The molecule has 1 amide bonds. The number of nitrogens with one attached hydrogen (secondary N) is 1. The van der Waals surface area contributed by atoms with Crippen LogP contribution < -0.4 is 5.32 Å². The maximum Gasteiger partial charge on any atom is 0.317 e. The molecule has 2 fully saturated rings. The van der Waals surface area contributed by atoms with E-state index in [4.69, 9.17) is 4.74 Å². The maximum atomic E-state index is 12.8. The molecule has 1 unspecified atom stereocenters. The van der Waals surface area contributed by atoms with Crippen molar-refractivity contribution >= 4 is 23.8 Å². The van der Waals surface area contributed by atoms with Crippen molar-refractivity contribution in [3.05, 3.63) is 0 Å². The Balaban J connectivity index is 2.12. The van der Waals surface area contributed by atoms with E-state index in [9.17, 15) is 54.9 Å². The fourth-order valence-corrected chi connectivity index (χ4v) is 4.47. The molecule has 17 heteroatoms. The van der Waals surface area contributed by atoms with E-state index in [1.54, 1.807) is 19.6 Å². The molecule has 224 valence electrons. The topological polar surface area (TPSA) is 244 Å². The summed E-state index contributed by atoms with van der Waals surface area (Å²) in [6.07, 6.45) is -6.10. The number of nitrogens with zero attached hydrogens (tertiary/aromatic N) is 4. The van der Waals surface area contributed by atoms with E-state index in [0.717, 1.165) is 0 Å². The van der Waals surface area contributed by atoms with Crippen molar-refractivity contribution in [3.63, 3.8) is 0 Å². The van der Waals surface area contributed by atoms with Crippen molar-refractivity contribution in [1.82, 2.24) is 24.9 Å². The van der Waals surface area contributed by atoms with Gasteiger partial charge in [0, 0.05) is 52.4 Å². The Kier molecular flexibility index (Phi) is 13.4. The first-order chi connectivity index (χ1) is 18.4. The summed E-state index contributed by atoms with van der Waals surface area (Å²) < 4.78 is 5.05.